The maximum absolute atomic E-state index is 14.2. The van der Waals surface area contributed by atoms with Gasteiger partial charge in [-0.25, -0.2) is 9.78 Å². The average molecular weight is 713 g/mol. The van der Waals surface area contributed by atoms with Crippen LogP contribution in [0.15, 0.2) is 123 Å². The van der Waals surface area contributed by atoms with Gasteiger partial charge in [-0.2, -0.15) is 0 Å². The molecule has 1 saturated heterocycles. The second kappa shape index (κ2) is 15.8. The molecule has 2 aliphatic rings. The van der Waals surface area contributed by atoms with Gasteiger partial charge >= 0.3 is 5.97 Å². The van der Waals surface area contributed by atoms with Crippen LogP contribution in [0, 0.1) is 0 Å². The minimum absolute atomic E-state index is 0.106. The van der Waals surface area contributed by atoms with Crippen LogP contribution in [0.1, 0.15) is 22.9 Å². The smallest absolute Gasteiger partial charge is 0.356 e. The van der Waals surface area contributed by atoms with Gasteiger partial charge in [-0.1, -0.05) is 77.6 Å². The number of nitrogens with one attached hydrogen (secondary N) is 2. The van der Waals surface area contributed by atoms with Gasteiger partial charge in [-0.15, -0.1) is 23.1 Å². The van der Waals surface area contributed by atoms with E-state index >= 15 is 0 Å². The van der Waals surface area contributed by atoms with Crippen molar-refractivity contribution < 1.29 is 28.8 Å². The molecule has 12 nitrogen and oxygen atoms in total. The van der Waals surface area contributed by atoms with Crippen molar-refractivity contribution >= 4 is 69.9 Å². The Labute approximate surface area is 293 Å². The first kappa shape index (κ1) is 33.6. The molecule has 0 bridgehead atoms. The zero-order valence-corrected chi connectivity index (χ0v) is 28.2. The molecular weight excluding hydrogens is 685 g/mol. The number of anilines is 1. The molecule has 248 valence electrons. The zero-order chi connectivity index (χ0) is 34.2. The van der Waals surface area contributed by atoms with Crippen molar-refractivity contribution in [3.8, 4) is 0 Å². The third kappa shape index (κ3) is 7.58. The predicted octanol–water partition coefficient (Wildman–Crippen LogP) is 4.75. The van der Waals surface area contributed by atoms with Crippen LogP contribution in [-0.2, 0) is 28.8 Å². The summed E-state index contributed by atoms with van der Waals surface area (Å²) >= 11 is 3.92. The van der Waals surface area contributed by atoms with E-state index in [1.165, 1.54) is 40.9 Å². The summed E-state index contributed by atoms with van der Waals surface area (Å²) in [5.41, 5.74) is 2.22. The number of β-lactam (4-membered cyclic amide) rings is 1. The lowest BCUT2D eigenvalue weighted by Crippen LogP contribution is -2.71. The molecule has 6 rings (SSSR count). The summed E-state index contributed by atoms with van der Waals surface area (Å²) in [6, 6.07) is 21.5. The zero-order valence-electron chi connectivity index (χ0n) is 25.8. The Morgan fingerprint density at radius 3 is 2.47 bits per heavy atom. The molecule has 2 aromatic carbocycles. The van der Waals surface area contributed by atoms with Crippen LogP contribution >= 0.6 is 34.9 Å². The number of rotatable bonds is 13. The third-order valence-corrected chi connectivity index (χ3v) is 10.2. The number of aromatic nitrogens is 2. The minimum Gasteiger partial charge on any atom is -0.448 e. The van der Waals surface area contributed by atoms with E-state index in [1.807, 2.05) is 78.2 Å². The SMILES string of the molecule is CON=C(C(=O)NC1C(=O)N2C(C(=O)OC(c3ccccc3)c3ccccc3)=C(C=CSc3cccnc3)CS[C@H]12)c1csc(NC=O)n1. The van der Waals surface area contributed by atoms with Crippen LogP contribution in [0.4, 0.5) is 5.13 Å². The van der Waals surface area contributed by atoms with E-state index in [-0.39, 0.29) is 22.2 Å². The summed E-state index contributed by atoms with van der Waals surface area (Å²) in [7, 11) is 1.28. The van der Waals surface area contributed by atoms with Crippen LogP contribution in [0.3, 0.4) is 0 Å². The summed E-state index contributed by atoms with van der Waals surface area (Å²) in [4.78, 5) is 67.7. The number of ether oxygens (including phenoxy) is 1. The van der Waals surface area contributed by atoms with Gasteiger partial charge < -0.3 is 20.2 Å². The van der Waals surface area contributed by atoms with Crippen LogP contribution in [-0.4, -0.2) is 69.1 Å². The Morgan fingerprint density at radius 1 is 1.08 bits per heavy atom. The molecule has 2 aromatic heterocycles. The fraction of sp³-hybridized carbons (Fsp3) is 0.147. The Balaban J connectivity index is 1.28. The standard InChI is InChI=1S/C34H28N6O6S3/c1-45-39-26(25-19-49-34(37-25)36-20-41)30(42)38-27-31(43)40-28(23(18-48-32(27)40)14-16-47-24-13-8-15-35-17-24)33(44)46-29(21-9-4-2-5-10-21)22-11-6-3-7-12-22/h2-17,19-20,27,29,32H,18H2,1H3,(H,38,42)(H,36,37,41)/t27?,32-/m1/s1. The molecule has 15 heteroatoms. The number of carbonyl (C=O) groups is 4. The number of allylic oxidation sites excluding steroid dienone is 1. The van der Waals surface area contributed by atoms with Gasteiger partial charge in [0, 0.05) is 28.4 Å². The first-order valence-corrected chi connectivity index (χ1v) is 17.6. The molecule has 2 atom stereocenters. The number of nitrogens with zero attached hydrogens (tertiary/aromatic N) is 4. The molecule has 49 heavy (non-hydrogen) atoms. The van der Waals surface area contributed by atoms with Crippen LogP contribution in [0.25, 0.3) is 0 Å². The largest absolute Gasteiger partial charge is 0.448 e. The number of oxime groups is 1. The molecule has 0 radical (unpaired) electrons. The topological polar surface area (TPSA) is 152 Å². The molecule has 0 aliphatic carbocycles. The van der Waals surface area contributed by atoms with E-state index in [1.54, 1.807) is 18.5 Å². The van der Waals surface area contributed by atoms with Crippen molar-refractivity contribution in [3.63, 3.8) is 0 Å². The molecule has 3 amide bonds. The van der Waals surface area contributed by atoms with Gasteiger partial charge in [0.05, 0.1) is 0 Å². The summed E-state index contributed by atoms with van der Waals surface area (Å²) < 4.78 is 6.21. The molecule has 2 aliphatic heterocycles. The monoisotopic (exact) mass is 712 g/mol. The highest BCUT2D eigenvalue weighted by atomic mass is 32.2. The molecule has 2 N–H and O–H groups in total. The lowest BCUT2D eigenvalue weighted by molar-refractivity contribution is -0.154. The Morgan fingerprint density at radius 2 is 1.82 bits per heavy atom. The van der Waals surface area contributed by atoms with E-state index in [4.69, 9.17) is 9.57 Å². The van der Waals surface area contributed by atoms with Crippen molar-refractivity contribution in [1.82, 2.24) is 20.2 Å². The number of pyridine rings is 1. The van der Waals surface area contributed by atoms with Crippen molar-refractivity contribution in [2.24, 2.45) is 5.16 Å². The van der Waals surface area contributed by atoms with Crippen LogP contribution in [0.5, 0.6) is 0 Å². The van der Waals surface area contributed by atoms with E-state index in [0.717, 1.165) is 27.4 Å². The minimum atomic E-state index is -0.970. The number of amides is 3. The first-order valence-electron chi connectivity index (χ1n) is 14.8. The van der Waals surface area contributed by atoms with Crippen LogP contribution in [0.2, 0.25) is 0 Å². The molecule has 4 heterocycles. The summed E-state index contributed by atoms with van der Waals surface area (Å²) in [5, 5.41) is 12.0. The maximum atomic E-state index is 14.2. The van der Waals surface area contributed by atoms with E-state index in [9.17, 15) is 19.2 Å². The van der Waals surface area contributed by atoms with Crippen molar-refractivity contribution in [3.05, 3.63) is 130 Å². The van der Waals surface area contributed by atoms with E-state index < -0.39 is 35.3 Å². The van der Waals surface area contributed by atoms with Gasteiger partial charge in [-0.05, 0) is 40.3 Å². The van der Waals surface area contributed by atoms with Gasteiger partial charge in [0.1, 0.15) is 29.9 Å². The average Bonchev–Trinajstić information content (AvgIpc) is 3.60. The Bertz CT molecular complexity index is 1880. The quantitative estimate of drug-likeness (QED) is 0.0496. The molecular formula is C34H28N6O6S3. The van der Waals surface area contributed by atoms with Gasteiger partial charge in [-0.3, -0.25) is 24.3 Å². The fourth-order valence-corrected chi connectivity index (χ4v) is 7.76. The summed E-state index contributed by atoms with van der Waals surface area (Å²) in [6.45, 7) is 0. The van der Waals surface area contributed by atoms with Crippen molar-refractivity contribution in [1.29, 1.82) is 0 Å². The number of carbonyl (C=O) groups excluding carboxylic acids is 4. The first-order chi connectivity index (χ1) is 24.0. The molecule has 1 unspecified atom stereocenters. The number of thioether (sulfide) groups is 2. The van der Waals surface area contributed by atoms with Crippen LogP contribution < -0.4 is 10.6 Å². The maximum Gasteiger partial charge on any atom is 0.356 e. The highest BCUT2D eigenvalue weighted by molar-refractivity contribution is 8.02. The number of thiazole rings is 1. The second-order valence-corrected chi connectivity index (χ2v) is 13.3. The number of hydrogen-bond donors (Lipinski definition) is 2. The number of benzene rings is 2. The number of hydrogen-bond acceptors (Lipinski definition) is 12. The van der Waals surface area contributed by atoms with Crippen molar-refractivity contribution in [2.75, 3.05) is 18.2 Å². The molecule has 0 saturated carbocycles. The highest BCUT2D eigenvalue weighted by Crippen LogP contribution is 2.42. The lowest BCUT2D eigenvalue weighted by Gasteiger charge is -2.49. The summed E-state index contributed by atoms with van der Waals surface area (Å²) in [6.07, 6.45) is 4.95. The highest BCUT2D eigenvalue weighted by Gasteiger charge is 2.54. The molecule has 4 aromatic rings. The van der Waals surface area contributed by atoms with E-state index in [2.05, 4.69) is 25.8 Å². The number of fused-ring (bicyclic) bond motifs is 1. The lowest BCUT2D eigenvalue weighted by atomic mass is 10.0. The predicted molar refractivity (Wildman–Crippen MR) is 187 cm³/mol. The Hall–Kier alpha value is -5.25. The second-order valence-electron chi connectivity index (χ2n) is 10.4. The Kier molecular flexibility index (Phi) is 10.8. The fourth-order valence-electron chi connectivity index (χ4n) is 5.12. The summed E-state index contributed by atoms with van der Waals surface area (Å²) in [5.74, 6) is -1.50. The normalized spacial score (nSPS) is 17.4. The van der Waals surface area contributed by atoms with E-state index in [0.29, 0.717) is 17.7 Å². The molecule has 0 spiro atoms. The molecule has 1 fully saturated rings. The van der Waals surface area contributed by atoms with Gasteiger partial charge in [0.2, 0.25) is 6.41 Å². The van der Waals surface area contributed by atoms with Crippen molar-refractivity contribution in [2.45, 2.75) is 22.4 Å². The van der Waals surface area contributed by atoms with Gasteiger partial charge in [0.25, 0.3) is 11.8 Å². The third-order valence-electron chi connectivity index (χ3n) is 7.34. The number of esters is 1. The van der Waals surface area contributed by atoms with Gasteiger partial charge in [0.15, 0.2) is 16.9 Å².